The normalized spacial score (nSPS) is 24.6. The second-order valence-electron chi connectivity index (χ2n) is 11.7. The summed E-state index contributed by atoms with van der Waals surface area (Å²) in [4.78, 5) is 38.2. The zero-order valence-electron chi connectivity index (χ0n) is 22.1. The molecular weight excluding hydrogens is 568 g/mol. The molecule has 9 heteroatoms. The van der Waals surface area contributed by atoms with Crippen LogP contribution in [0.2, 0.25) is 0 Å². The number of hydrogen-bond donors (Lipinski definition) is 1. The Morgan fingerprint density at radius 3 is 2.60 bits per heavy atom. The number of nitrogens with zero attached hydrogens (tertiary/aromatic N) is 5. The maximum Gasteiger partial charge on any atom is 0.256 e. The van der Waals surface area contributed by atoms with Crippen molar-refractivity contribution in [2.45, 2.75) is 43.6 Å². The minimum atomic E-state index is -0.298. The van der Waals surface area contributed by atoms with Crippen LogP contribution in [-0.4, -0.2) is 61.0 Å². The highest BCUT2D eigenvalue weighted by Gasteiger charge is 2.57. The van der Waals surface area contributed by atoms with Crippen molar-refractivity contribution in [2.24, 2.45) is 5.92 Å². The van der Waals surface area contributed by atoms with Crippen molar-refractivity contribution in [3.8, 4) is 5.69 Å². The molecule has 4 heterocycles. The van der Waals surface area contributed by atoms with Crippen LogP contribution in [0, 0.1) is 5.92 Å². The van der Waals surface area contributed by atoms with Crippen molar-refractivity contribution in [1.82, 2.24) is 29.5 Å². The molecule has 2 aromatic heterocycles. The van der Waals surface area contributed by atoms with Gasteiger partial charge in [0.2, 0.25) is 5.91 Å². The van der Waals surface area contributed by atoms with Gasteiger partial charge in [0.15, 0.2) is 0 Å². The molecule has 0 spiro atoms. The lowest BCUT2D eigenvalue weighted by Crippen LogP contribution is -2.55. The summed E-state index contributed by atoms with van der Waals surface area (Å²) in [6, 6.07) is 12.4. The first kappa shape index (κ1) is 24.1. The molecule has 1 N–H and O–H groups in total. The average Bonchev–Trinajstić information content (AvgIpc) is 3.50. The number of hydrogen-bond acceptors (Lipinski definition) is 4. The van der Waals surface area contributed by atoms with Crippen molar-refractivity contribution in [1.29, 1.82) is 0 Å². The fraction of sp³-hybridized carbons (Fsp3) is 0.355. The largest absolute Gasteiger partial charge is 0.344 e. The highest BCUT2D eigenvalue weighted by Crippen LogP contribution is 2.65. The molecule has 202 valence electrons. The standard InChI is InChI=1S/C31H29BrN6O2/c1-2-26(39)36-11-9-23-27-24(38(35-23)20-5-3-19(4-6-20)31-13-18(14-31)15-31)10-12-37(25(27)16-36)30(40)21-7-8-22(32)29-28(21)33-17-34-29/h2-8,17-18,25H,1,9-16H2,(H,33,34). The van der Waals surface area contributed by atoms with Crippen molar-refractivity contribution in [3.05, 3.63) is 87.9 Å². The Balaban J connectivity index is 1.19. The van der Waals surface area contributed by atoms with E-state index in [2.05, 4.69) is 61.4 Å². The van der Waals surface area contributed by atoms with E-state index in [9.17, 15) is 9.59 Å². The second kappa shape index (κ2) is 8.64. The predicted octanol–water partition coefficient (Wildman–Crippen LogP) is 4.87. The van der Waals surface area contributed by atoms with E-state index < -0.39 is 0 Å². The molecule has 0 saturated heterocycles. The Bertz CT molecular complexity index is 1700. The minimum Gasteiger partial charge on any atom is -0.344 e. The van der Waals surface area contributed by atoms with Crippen LogP contribution in [-0.2, 0) is 23.1 Å². The SMILES string of the molecule is C=CC(=O)N1CCc2nn(-c3ccc(C45CC(C4)C5)cc3)c3c2C(C1)N(C(=O)c1ccc(Br)c2nc[nH]c12)CC3. The fourth-order valence-electron chi connectivity index (χ4n) is 7.50. The summed E-state index contributed by atoms with van der Waals surface area (Å²) in [6.45, 7) is 5.19. The molecule has 8 nitrogen and oxygen atoms in total. The fourth-order valence-corrected chi connectivity index (χ4v) is 7.93. The van der Waals surface area contributed by atoms with Crippen LogP contribution < -0.4 is 0 Å². The average molecular weight is 598 g/mol. The molecule has 3 saturated carbocycles. The maximum absolute atomic E-state index is 14.2. The zero-order chi connectivity index (χ0) is 27.2. The third-order valence-electron chi connectivity index (χ3n) is 9.68. The van der Waals surface area contributed by atoms with Gasteiger partial charge in [-0.05, 0) is 82.4 Å². The van der Waals surface area contributed by atoms with Gasteiger partial charge in [-0.25, -0.2) is 9.67 Å². The third-order valence-corrected chi connectivity index (χ3v) is 10.3. The number of fused-ring (bicyclic) bond motifs is 1. The number of aromatic amines is 1. The smallest absolute Gasteiger partial charge is 0.256 e. The molecule has 5 aliphatic rings. The number of carbonyl (C=O) groups is 2. The van der Waals surface area contributed by atoms with Crippen molar-refractivity contribution in [2.75, 3.05) is 19.6 Å². The molecular formula is C31H29BrN6O2. The van der Waals surface area contributed by atoms with Crippen molar-refractivity contribution >= 4 is 38.8 Å². The summed E-state index contributed by atoms with van der Waals surface area (Å²) in [5.74, 6) is 0.746. The number of amides is 2. The third kappa shape index (κ3) is 3.36. The van der Waals surface area contributed by atoms with Gasteiger partial charge in [-0.3, -0.25) is 9.59 Å². The molecule has 40 heavy (non-hydrogen) atoms. The number of carbonyl (C=O) groups excluding carboxylic acids is 2. The quantitative estimate of drug-likeness (QED) is 0.340. The summed E-state index contributed by atoms with van der Waals surface area (Å²) >= 11 is 3.54. The number of H-pyrrole nitrogens is 1. The Kier molecular flexibility index (Phi) is 5.21. The van der Waals surface area contributed by atoms with Gasteiger partial charge < -0.3 is 14.8 Å². The zero-order valence-corrected chi connectivity index (χ0v) is 23.7. The Hall–Kier alpha value is -3.72. The molecule has 2 aromatic carbocycles. The number of benzene rings is 2. The first-order valence-electron chi connectivity index (χ1n) is 14.0. The second-order valence-corrected chi connectivity index (χ2v) is 12.6. The monoisotopic (exact) mass is 596 g/mol. The van der Waals surface area contributed by atoms with Gasteiger partial charge in [0.25, 0.3) is 5.91 Å². The highest BCUT2D eigenvalue weighted by atomic mass is 79.9. The van der Waals surface area contributed by atoms with E-state index in [1.807, 2.05) is 17.0 Å². The summed E-state index contributed by atoms with van der Waals surface area (Å²) in [5, 5.41) is 5.11. The highest BCUT2D eigenvalue weighted by molar-refractivity contribution is 9.10. The number of imidazole rings is 1. The van der Waals surface area contributed by atoms with E-state index in [1.165, 1.54) is 30.9 Å². The number of nitrogens with one attached hydrogen (secondary N) is 1. The van der Waals surface area contributed by atoms with Crippen molar-refractivity contribution in [3.63, 3.8) is 0 Å². The molecule has 3 fully saturated rings. The van der Waals surface area contributed by atoms with E-state index in [0.29, 0.717) is 49.0 Å². The van der Waals surface area contributed by atoms with Crippen LogP contribution in [0.3, 0.4) is 0 Å². The van der Waals surface area contributed by atoms with Crippen molar-refractivity contribution < 1.29 is 9.59 Å². The van der Waals surface area contributed by atoms with Gasteiger partial charge in [0.05, 0.1) is 40.5 Å². The minimum absolute atomic E-state index is 0.0769. The van der Waals surface area contributed by atoms with E-state index in [1.54, 1.807) is 11.2 Å². The van der Waals surface area contributed by atoms with Crippen LogP contribution in [0.15, 0.2) is 59.9 Å². The summed E-state index contributed by atoms with van der Waals surface area (Å²) in [6.07, 6.45) is 8.30. The first-order valence-corrected chi connectivity index (χ1v) is 14.8. The molecule has 1 atom stereocenters. The van der Waals surface area contributed by atoms with Crippen LogP contribution in [0.25, 0.3) is 16.7 Å². The topological polar surface area (TPSA) is 87.1 Å². The molecule has 4 aromatic rings. The number of rotatable bonds is 4. The van der Waals surface area contributed by atoms with Crippen LogP contribution in [0.1, 0.15) is 58.2 Å². The summed E-state index contributed by atoms with van der Waals surface area (Å²) < 4.78 is 2.92. The molecule has 2 bridgehead atoms. The lowest BCUT2D eigenvalue weighted by Gasteiger charge is -2.62. The molecule has 2 aliphatic heterocycles. The number of aromatic nitrogens is 4. The van der Waals surface area contributed by atoms with Gasteiger partial charge in [0.1, 0.15) is 5.52 Å². The van der Waals surface area contributed by atoms with E-state index in [4.69, 9.17) is 5.10 Å². The van der Waals surface area contributed by atoms with Gasteiger partial charge in [-0.15, -0.1) is 0 Å². The molecule has 3 aliphatic carbocycles. The Morgan fingerprint density at radius 2 is 1.88 bits per heavy atom. The predicted molar refractivity (Wildman–Crippen MR) is 154 cm³/mol. The van der Waals surface area contributed by atoms with E-state index >= 15 is 0 Å². The lowest BCUT2D eigenvalue weighted by molar-refractivity contribution is -0.126. The van der Waals surface area contributed by atoms with E-state index in [-0.39, 0.29) is 17.9 Å². The Morgan fingerprint density at radius 1 is 1.07 bits per heavy atom. The van der Waals surface area contributed by atoms with Gasteiger partial charge >= 0.3 is 0 Å². The number of halogens is 1. The van der Waals surface area contributed by atoms with Gasteiger partial charge in [0, 0.05) is 42.5 Å². The summed E-state index contributed by atoms with van der Waals surface area (Å²) in [7, 11) is 0. The summed E-state index contributed by atoms with van der Waals surface area (Å²) in [5.41, 5.74) is 8.13. The van der Waals surface area contributed by atoms with Crippen LogP contribution in [0.5, 0.6) is 0 Å². The molecule has 1 unspecified atom stereocenters. The van der Waals surface area contributed by atoms with Crippen LogP contribution >= 0.6 is 15.9 Å². The molecule has 9 rings (SSSR count). The Labute approximate surface area is 240 Å². The van der Waals surface area contributed by atoms with E-state index in [0.717, 1.165) is 38.5 Å². The van der Waals surface area contributed by atoms with Crippen LogP contribution in [0.4, 0.5) is 0 Å². The molecule has 0 radical (unpaired) electrons. The lowest BCUT2D eigenvalue weighted by atomic mass is 9.42. The van der Waals surface area contributed by atoms with Gasteiger partial charge in [-0.1, -0.05) is 18.7 Å². The molecule has 2 amide bonds. The maximum atomic E-state index is 14.2. The van der Waals surface area contributed by atoms with Gasteiger partial charge in [-0.2, -0.15) is 5.10 Å². The first-order chi connectivity index (χ1) is 19.5.